The van der Waals surface area contributed by atoms with Gasteiger partial charge in [0, 0.05) is 5.56 Å². The molecule has 0 amide bonds. The quantitative estimate of drug-likeness (QED) is 0.604. The van der Waals surface area contributed by atoms with Crippen LogP contribution in [0.25, 0.3) is 0 Å². The minimum absolute atomic E-state index is 0.0274. The maximum Gasteiger partial charge on any atom is 0.309 e. The number of carbonyl (C=O) groups is 1. The van der Waals surface area contributed by atoms with Crippen LogP contribution in [0.5, 0.6) is 0 Å². The summed E-state index contributed by atoms with van der Waals surface area (Å²) < 4.78 is 19.9. The highest BCUT2D eigenvalue weighted by Gasteiger charge is 2.36. The summed E-state index contributed by atoms with van der Waals surface area (Å²) in [5, 5.41) is 9.15. The van der Waals surface area contributed by atoms with Gasteiger partial charge in [0.05, 0.1) is 12.5 Å². The summed E-state index contributed by atoms with van der Waals surface area (Å²) in [6, 6.07) is 5.23. The molecule has 0 aromatic heterocycles. The van der Waals surface area contributed by atoms with E-state index in [1.807, 2.05) is 6.07 Å². The van der Waals surface area contributed by atoms with Crippen molar-refractivity contribution < 1.29 is 19.0 Å². The van der Waals surface area contributed by atoms with Crippen LogP contribution in [0.4, 0.5) is 4.39 Å². The molecule has 1 saturated carbocycles. The number of aliphatic hydroxyl groups is 1. The SMILES string of the molecule is CCCCC1CCC(C2CCC(C(C)c3ccc(CO)c(F)c3)CC2)OC1=O. The topological polar surface area (TPSA) is 46.5 Å². The fourth-order valence-electron chi connectivity index (χ4n) is 5.10. The van der Waals surface area contributed by atoms with Crippen molar-refractivity contribution in [2.24, 2.45) is 17.8 Å². The van der Waals surface area contributed by atoms with E-state index in [-0.39, 0.29) is 30.4 Å². The lowest BCUT2D eigenvalue weighted by Crippen LogP contribution is -2.37. The Morgan fingerprint density at radius 1 is 1.18 bits per heavy atom. The zero-order valence-electron chi connectivity index (χ0n) is 17.3. The molecule has 1 N–H and O–H groups in total. The van der Waals surface area contributed by atoms with Crippen molar-refractivity contribution in [1.82, 2.24) is 0 Å². The molecule has 1 aliphatic carbocycles. The number of rotatable bonds is 7. The number of ether oxygens (including phenoxy) is 1. The second kappa shape index (κ2) is 9.87. The molecular weight excluding hydrogens is 355 g/mol. The van der Waals surface area contributed by atoms with Gasteiger partial charge in [-0.25, -0.2) is 4.39 Å². The van der Waals surface area contributed by atoms with Gasteiger partial charge in [0.1, 0.15) is 11.9 Å². The van der Waals surface area contributed by atoms with Gasteiger partial charge in [0.15, 0.2) is 0 Å². The Labute approximate surface area is 168 Å². The minimum atomic E-state index is -0.313. The zero-order chi connectivity index (χ0) is 20.1. The Morgan fingerprint density at radius 2 is 1.93 bits per heavy atom. The van der Waals surface area contributed by atoms with Gasteiger partial charge in [-0.05, 0) is 74.3 Å². The Bertz CT molecular complexity index is 651. The van der Waals surface area contributed by atoms with Gasteiger partial charge in [0.2, 0.25) is 0 Å². The van der Waals surface area contributed by atoms with Crippen LogP contribution in [0.1, 0.15) is 88.7 Å². The van der Waals surface area contributed by atoms with Crippen molar-refractivity contribution in [3.63, 3.8) is 0 Å². The molecule has 28 heavy (non-hydrogen) atoms. The number of cyclic esters (lactones) is 1. The number of unbranched alkanes of at least 4 members (excludes halogenated alkanes) is 1. The summed E-state index contributed by atoms with van der Waals surface area (Å²) in [6.45, 7) is 4.08. The number of halogens is 1. The molecule has 3 nitrogen and oxygen atoms in total. The molecule has 3 unspecified atom stereocenters. The predicted octanol–water partition coefficient (Wildman–Crippen LogP) is 5.74. The standard InChI is InChI=1S/C24H35FO3/c1-3-4-5-19-12-13-23(28-24(19)27)18-8-6-17(7-9-18)16(2)20-10-11-21(15-26)22(25)14-20/h10-11,14,16-19,23,26H,3-9,12-13,15H2,1-2H3. The third-order valence-electron chi connectivity index (χ3n) is 7.13. The van der Waals surface area contributed by atoms with Gasteiger partial charge in [0.25, 0.3) is 0 Å². The van der Waals surface area contributed by atoms with Gasteiger partial charge in [-0.3, -0.25) is 4.79 Å². The van der Waals surface area contributed by atoms with Crippen molar-refractivity contribution in [3.05, 3.63) is 35.1 Å². The summed E-state index contributed by atoms with van der Waals surface area (Å²) in [7, 11) is 0. The van der Waals surface area contributed by atoms with Gasteiger partial charge in [-0.1, -0.05) is 38.8 Å². The summed E-state index contributed by atoms with van der Waals surface area (Å²) in [5.74, 6) is 1.15. The fraction of sp³-hybridized carbons (Fsp3) is 0.708. The average Bonchev–Trinajstić information content (AvgIpc) is 2.72. The second-order valence-electron chi connectivity index (χ2n) is 8.86. The zero-order valence-corrected chi connectivity index (χ0v) is 17.3. The predicted molar refractivity (Wildman–Crippen MR) is 108 cm³/mol. The maximum atomic E-state index is 14.0. The summed E-state index contributed by atoms with van der Waals surface area (Å²) in [6.07, 6.45) is 9.67. The number of aliphatic hydroxyl groups excluding tert-OH is 1. The molecule has 2 aliphatic rings. The Morgan fingerprint density at radius 3 is 2.54 bits per heavy atom. The average molecular weight is 391 g/mol. The van der Waals surface area contributed by atoms with Crippen LogP contribution >= 0.6 is 0 Å². The van der Waals surface area contributed by atoms with E-state index in [9.17, 15) is 9.18 Å². The molecule has 4 heteroatoms. The van der Waals surface area contributed by atoms with E-state index in [0.717, 1.165) is 63.4 Å². The molecule has 156 valence electrons. The first kappa shape index (κ1) is 21.3. The van der Waals surface area contributed by atoms with Gasteiger partial charge >= 0.3 is 5.97 Å². The van der Waals surface area contributed by atoms with E-state index >= 15 is 0 Å². The smallest absolute Gasteiger partial charge is 0.309 e. The van der Waals surface area contributed by atoms with E-state index in [2.05, 4.69) is 13.8 Å². The van der Waals surface area contributed by atoms with Gasteiger partial charge < -0.3 is 9.84 Å². The number of hydrogen-bond acceptors (Lipinski definition) is 3. The molecule has 0 spiro atoms. The van der Waals surface area contributed by atoms with E-state index < -0.39 is 0 Å². The Kier molecular flexibility index (Phi) is 7.50. The molecule has 1 saturated heterocycles. The van der Waals surface area contributed by atoms with Gasteiger partial charge in [-0.15, -0.1) is 0 Å². The molecule has 3 rings (SSSR count). The van der Waals surface area contributed by atoms with E-state index in [0.29, 0.717) is 23.3 Å². The second-order valence-corrected chi connectivity index (χ2v) is 8.86. The highest BCUT2D eigenvalue weighted by Crippen LogP contribution is 2.42. The van der Waals surface area contributed by atoms with Crippen LogP contribution in [0.3, 0.4) is 0 Å². The molecule has 1 aromatic rings. The Hall–Kier alpha value is -1.42. The first-order valence-corrected chi connectivity index (χ1v) is 11.1. The van der Waals surface area contributed by atoms with Crippen LogP contribution in [0, 0.1) is 23.6 Å². The number of benzene rings is 1. The summed E-state index contributed by atoms with van der Waals surface area (Å²) >= 11 is 0. The molecule has 1 aliphatic heterocycles. The lowest BCUT2D eigenvalue weighted by atomic mass is 9.71. The first-order valence-electron chi connectivity index (χ1n) is 11.1. The van der Waals surface area contributed by atoms with Crippen LogP contribution in [-0.2, 0) is 16.1 Å². The molecule has 1 aromatic carbocycles. The van der Waals surface area contributed by atoms with Crippen LogP contribution in [-0.4, -0.2) is 17.2 Å². The van der Waals surface area contributed by atoms with E-state index in [1.54, 1.807) is 12.1 Å². The minimum Gasteiger partial charge on any atom is -0.462 e. The third kappa shape index (κ3) is 4.94. The molecule has 0 bridgehead atoms. The number of esters is 1. The molecule has 3 atom stereocenters. The lowest BCUT2D eigenvalue weighted by Gasteiger charge is -2.38. The van der Waals surface area contributed by atoms with Crippen molar-refractivity contribution in [1.29, 1.82) is 0 Å². The molecular formula is C24H35FO3. The monoisotopic (exact) mass is 390 g/mol. The van der Waals surface area contributed by atoms with Crippen molar-refractivity contribution in [3.8, 4) is 0 Å². The molecule has 0 radical (unpaired) electrons. The molecule has 2 fully saturated rings. The summed E-state index contributed by atoms with van der Waals surface area (Å²) in [5.41, 5.74) is 1.37. The van der Waals surface area contributed by atoms with E-state index in [1.165, 1.54) is 0 Å². The van der Waals surface area contributed by atoms with Gasteiger partial charge in [-0.2, -0.15) is 0 Å². The number of carbonyl (C=O) groups excluding carboxylic acids is 1. The largest absolute Gasteiger partial charge is 0.462 e. The maximum absolute atomic E-state index is 14.0. The molecule has 1 heterocycles. The Balaban J connectivity index is 1.50. The lowest BCUT2D eigenvalue weighted by molar-refractivity contribution is -0.165. The van der Waals surface area contributed by atoms with E-state index in [4.69, 9.17) is 9.84 Å². The highest BCUT2D eigenvalue weighted by molar-refractivity contribution is 5.73. The third-order valence-corrected chi connectivity index (χ3v) is 7.13. The number of hydrogen-bond donors (Lipinski definition) is 1. The van der Waals surface area contributed by atoms with Crippen LogP contribution in [0.2, 0.25) is 0 Å². The summed E-state index contributed by atoms with van der Waals surface area (Å²) in [4.78, 5) is 12.3. The van der Waals surface area contributed by atoms with Crippen LogP contribution < -0.4 is 0 Å². The normalized spacial score (nSPS) is 29.4. The fourth-order valence-corrected chi connectivity index (χ4v) is 5.10. The van der Waals surface area contributed by atoms with Crippen molar-refractivity contribution >= 4 is 5.97 Å². The van der Waals surface area contributed by atoms with Crippen molar-refractivity contribution in [2.45, 2.75) is 90.3 Å². The van der Waals surface area contributed by atoms with Crippen LogP contribution in [0.15, 0.2) is 18.2 Å². The highest BCUT2D eigenvalue weighted by atomic mass is 19.1. The van der Waals surface area contributed by atoms with Crippen molar-refractivity contribution in [2.75, 3.05) is 0 Å². The first-order chi connectivity index (χ1) is 13.5.